The van der Waals surface area contributed by atoms with Gasteiger partial charge in [0.1, 0.15) is 6.26 Å². The van der Waals surface area contributed by atoms with E-state index in [4.69, 9.17) is 4.42 Å². The molecule has 0 spiro atoms. The second-order valence-electron chi connectivity index (χ2n) is 4.45. The van der Waals surface area contributed by atoms with Gasteiger partial charge in [0.15, 0.2) is 0 Å². The summed E-state index contributed by atoms with van der Waals surface area (Å²) in [5.41, 5.74) is 0.963. The molecule has 17 heavy (non-hydrogen) atoms. The molecule has 0 radical (unpaired) electrons. The molecule has 0 aliphatic carbocycles. The van der Waals surface area contributed by atoms with Gasteiger partial charge in [-0.2, -0.15) is 0 Å². The predicted octanol–water partition coefficient (Wildman–Crippen LogP) is 3.63. The summed E-state index contributed by atoms with van der Waals surface area (Å²) in [6.45, 7) is 7.55. The summed E-state index contributed by atoms with van der Waals surface area (Å²) in [5.74, 6) is 1.10. The fraction of sp³-hybridized carbons (Fsp3) is 0.769. The van der Waals surface area contributed by atoms with Crippen LogP contribution in [-0.2, 0) is 0 Å². The van der Waals surface area contributed by atoms with Gasteiger partial charge in [-0.3, -0.25) is 0 Å². The zero-order chi connectivity index (χ0) is 12.5. The third kappa shape index (κ3) is 6.74. The minimum atomic E-state index is 0.643. The Labute approximate surface area is 109 Å². The lowest BCUT2D eigenvalue weighted by molar-refractivity contribution is 0.453. The first-order valence-corrected chi connectivity index (χ1v) is 7.49. The van der Waals surface area contributed by atoms with Crippen LogP contribution in [0.5, 0.6) is 0 Å². The maximum absolute atomic E-state index is 5.28. The third-order valence-corrected chi connectivity index (χ3v) is 3.53. The molecule has 3 nitrogen and oxygen atoms in total. The lowest BCUT2D eigenvalue weighted by Crippen LogP contribution is -2.26. The second-order valence-corrected chi connectivity index (χ2v) is 5.50. The van der Waals surface area contributed by atoms with Gasteiger partial charge in [0.25, 0.3) is 5.22 Å². The number of nitrogens with one attached hydrogen (secondary N) is 1. The van der Waals surface area contributed by atoms with Gasteiger partial charge < -0.3 is 9.73 Å². The van der Waals surface area contributed by atoms with Gasteiger partial charge in [-0.15, -0.1) is 0 Å². The van der Waals surface area contributed by atoms with Crippen LogP contribution < -0.4 is 5.32 Å². The molecule has 1 heterocycles. The molecule has 0 aliphatic heterocycles. The van der Waals surface area contributed by atoms with E-state index >= 15 is 0 Å². The van der Waals surface area contributed by atoms with Crippen LogP contribution in [-0.4, -0.2) is 23.3 Å². The number of thioether (sulfide) groups is 1. The highest BCUT2D eigenvalue weighted by Crippen LogP contribution is 2.18. The van der Waals surface area contributed by atoms with Gasteiger partial charge in [-0.25, -0.2) is 4.98 Å². The van der Waals surface area contributed by atoms with Crippen LogP contribution in [0.1, 0.15) is 45.2 Å². The number of aromatic nitrogens is 1. The molecule has 1 unspecified atom stereocenters. The zero-order valence-electron chi connectivity index (χ0n) is 11.2. The van der Waals surface area contributed by atoms with Gasteiger partial charge in [0, 0.05) is 11.8 Å². The number of unbranched alkanes of at least 4 members (excludes halogenated alkanes) is 1. The molecular weight excluding hydrogens is 232 g/mol. The highest BCUT2D eigenvalue weighted by Gasteiger charge is 2.02. The number of rotatable bonds is 9. The normalized spacial score (nSPS) is 12.9. The Kier molecular flexibility index (Phi) is 7.37. The molecule has 0 saturated carbocycles. The van der Waals surface area contributed by atoms with Gasteiger partial charge >= 0.3 is 0 Å². The highest BCUT2D eigenvalue weighted by atomic mass is 32.2. The van der Waals surface area contributed by atoms with E-state index in [2.05, 4.69) is 24.1 Å². The van der Waals surface area contributed by atoms with Crippen molar-refractivity contribution in [1.29, 1.82) is 0 Å². The van der Waals surface area contributed by atoms with Crippen LogP contribution in [0.4, 0.5) is 0 Å². The molecule has 0 saturated heterocycles. The van der Waals surface area contributed by atoms with Crippen molar-refractivity contribution < 1.29 is 4.42 Å². The molecule has 1 aromatic heterocycles. The number of nitrogens with zero attached hydrogens (tertiary/aromatic N) is 1. The van der Waals surface area contributed by atoms with E-state index in [0.717, 1.165) is 23.2 Å². The van der Waals surface area contributed by atoms with E-state index in [-0.39, 0.29) is 0 Å². The van der Waals surface area contributed by atoms with Crippen molar-refractivity contribution >= 4 is 11.8 Å². The van der Waals surface area contributed by atoms with E-state index in [1.54, 1.807) is 18.0 Å². The molecule has 0 bridgehead atoms. The van der Waals surface area contributed by atoms with E-state index in [1.165, 1.54) is 25.7 Å². The van der Waals surface area contributed by atoms with Gasteiger partial charge in [-0.05, 0) is 39.7 Å². The Morgan fingerprint density at radius 1 is 1.47 bits per heavy atom. The van der Waals surface area contributed by atoms with Crippen molar-refractivity contribution in [3.8, 4) is 0 Å². The third-order valence-electron chi connectivity index (χ3n) is 2.60. The smallest absolute Gasteiger partial charge is 0.255 e. The Morgan fingerprint density at radius 2 is 2.29 bits per heavy atom. The van der Waals surface area contributed by atoms with Gasteiger partial charge in [0.05, 0.1) is 5.69 Å². The van der Waals surface area contributed by atoms with Crippen molar-refractivity contribution in [2.24, 2.45) is 0 Å². The number of aryl methyl sites for hydroxylation is 1. The summed E-state index contributed by atoms with van der Waals surface area (Å²) < 4.78 is 5.28. The molecule has 1 aromatic rings. The summed E-state index contributed by atoms with van der Waals surface area (Å²) in [7, 11) is 0. The first-order chi connectivity index (χ1) is 8.22. The molecule has 0 aromatic carbocycles. The average Bonchev–Trinajstić information content (AvgIpc) is 2.72. The Balaban J connectivity index is 1.97. The number of hydrogen-bond acceptors (Lipinski definition) is 4. The maximum atomic E-state index is 5.28. The van der Waals surface area contributed by atoms with E-state index < -0.39 is 0 Å². The number of oxazole rings is 1. The monoisotopic (exact) mass is 256 g/mol. The first-order valence-electron chi connectivity index (χ1n) is 6.50. The first kappa shape index (κ1) is 14.6. The minimum Gasteiger partial charge on any atom is -0.440 e. The van der Waals surface area contributed by atoms with Crippen molar-refractivity contribution in [2.45, 2.75) is 57.7 Å². The molecule has 0 aliphatic rings. The van der Waals surface area contributed by atoms with Crippen LogP contribution in [0.3, 0.4) is 0 Å². The minimum absolute atomic E-state index is 0.643. The van der Waals surface area contributed by atoms with Crippen molar-refractivity contribution in [3.05, 3.63) is 12.0 Å². The quantitative estimate of drug-likeness (QED) is 0.541. The van der Waals surface area contributed by atoms with Crippen molar-refractivity contribution in [1.82, 2.24) is 10.3 Å². The summed E-state index contributed by atoms with van der Waals surface area (Å²) >= 11 is 1.71. The SMILES string of the molecule is CCCNC(C)CCCCSc1nc(C)co1. The van der Waals surface area contributed by atoms with Crippen LogP contribution in [0.25, 0.3) is 0 Å². The lowest BCUT2D eigenvalue weighted by Gasteiger charge is -2.12. The van der Waals surface area contributed by atoms with Crippen LogP contribution in [0.2, 0.25) is 0 Å². The van der Waals surface area contributed by atoms with Crippen LogP contribution >= 0.6 is 11.8 Å². The fourth-order valence-electron chi connectivity index (χ4n) is 1.60. The van der Waals surface area contributed by atoms with E-state index in [9.17, 15) is 0 Å². The molecule has 1 N–H and O–H groups in total. The largest absolute Gasteiger partial charge is 0.440 e. The molecular formula is C13H24N2OS. The molecule has 4 heteroatoms. The summed E-state index contributed by atoms with van der Waals surface area (Å²) in [6, 6.07) is 0.643. The molecule has 1 rings (SSSR count). The van der Waals surface area contributed by atoms with Gasteiger partial charge in [-0.1, -0.05) is 25.1 Å². The Hall–Kier alpha value is -0.480. The van der Waals surface area contributed by atoms with E-state index in [1.807, 2.05) is 6.92 Å². The molecule has 98 valence electrons. The van der Waals surface area contributed by atoms with Gasteiger partial charge in [0.2, 0.25) is 0 Å². The highest BCUT2D eigenvalue weighted by molar-refractivity contribution is 7.99. The average molecular weight is 256 g/mol. The standard InChI is InChI=1S/C13H24N2OS/c1-4-8-14-11(2)7-5-6-9-17-13-15-12(3)10-16-13/h10-11,14H,4-9H2,1-3H3. The predicted molar refractivity (Wildman–Crippen MR) is 73.6 cm³/mol. The summed E-state index contributed by atoms with van der Waals surface area (Å²) in [4.78, 5) is 4.27. The molecule has 1 atom stereocenters. The number of hydrogen-bond donors (Lipinski definition) is 1. The van der Waals surface area contributed by atoms with Crippen molar-refractivity contribution in [3.63, 3.8) is 0 Å². The lowest BCUT2D eigenvalue weighted by atomic mass is 10.1. The molecule has 0 fully saturated rings. The Bertz CT molecular complexity index is 301. The van der Waals surface area contributed by atoms with Crippen molar-refractivity contribution in [2.75, 3.05) is 12.3 Å². The zero-order valence-corrected chi connectivity index (χ0v) is 12.0. The fourth-order valence-corrected chi connectivity index (χ4v) is 2.45. The second kappa shape index (κ2) is 8.59. The summed E-state index contributed by atoms with van der Waals surface area (Å²) in [5, 5.41) is 4.31. The molecule has 0 amide bonds. The Morgan fingerprint density at radius 3 is 2.94 bits per heavy atom. The van der Waals surface area contributed by atoms with Crippen LogP contribution in [0.15, 0.2) is 15.9 Å². The summed E-state index contributed by atoms with van der Waals surface area (Å²) in [6.07, 6.45) is 6.67. The van der Waals surface area contributed by atoms with Crippen LogP contribution in [0, 0.1) is 6.92 Å². The maximum Gasteiger partial charge on any atom is 0.255 e. The van der Waals surface area contributed by atoms with E-state index in [0.29, 0.717) is 6.04 Å². The topological polar surface area (TPSA) is 38.1 Å².